The van der Waals surface area contributed by atoms with E-state index in [1.807, 2.05) is 30.3 Å². The van der Waals surface area contributed by atoms with Gasteiger partial charge in [-0.05, 0) is 44.1 Å². The standard InChI is InChI=1S/C19H37N7S/c1-15(2)14-26-10-7-17(8-11-26)22-19(20-9-6-12-27-5)21-13-18-24-23-16(3)25(18)4/h15,17H,6-14H2,1-5H3,(H2,20,21,22). The van der Waals surface area contributed by atoms with Crippen LogP contribution in [-0.2, 0) is 13.6 Å². The molecule has 0 amide bonds. The molecule has 2 N–H and O–H groups in total. The summed E-state index contributed by atoms with van der Waals surface area (Å²) in [5, 5.41) is 15.5. The quantitative estimate of drug-likeness (QED) is 0.379. The normalized spacial score (nSPS) is 16.9. The zero-order valence-electron chi connectivity index (χ0n) is 17.7. The van der Waals surface area contributed by atoms with Crippen LogP contribution in [0.15, 0.2) is 4.99 Å². The van der Waals surface area contributed by atoms with E-state index < -0.39 is 0 Å². The average molecular weight is 396 g/mol. The summed E-state index contributed by atoms with van der Waals surface area (Å²) in [5.74, 6) is 4.61. The number of aliphatic imine (C=N–C) groups is 1. The first-order chi connectivity index (χ1) is 13.0. The lowest BCUT2D eigenvalue weighted by Crippen LogP contribution is -2.49. The fourth-order valence-electron chi connectivity index (χ4n) is 3.28. The Labute approximate surface area is 168 Å². The fourth-order valence-corrected chi connectivity index (χ4v) is 3.72. The van der Waals surface area contributed by atoms with Gasteiger partial charge in [0.1, 0.15) is 12.4 Å². The third kappa shape index (κ3) is 7.70. The molecule has 1 aliphatic heterocycles. The van der Waals surface area contributed by atoms with Crippen LogP contribution in [0.2, 0.25) is 0 Å². The number of thioether (sulfide) groups is 1. The summed E-state index contributed by atoms with van der Waals surface area (Å²) in [4.78, 5) is 7.36. The predicted molar refractivity (Wildman–Crippen MR) is 115 cm³/mol. The Morgan fingerprint density at radius 2 is 2.04 bits per heavy atom. The van der Waals surface area contributed by atoms with Crippen molar-refractivity contribution in [3.05, 3.63) is 11.6 Å². The van der Waals surface area contributed by atoms with Gasteiger partial charge in [0.25, 0.3) is 0 Å². The van der Waals surface area contributed by atoms with Crippen molar-refractivity contribution in [3.8, 4) is 0 Å². The van der Waals surface area contributed by atoms with Gasteiger partial charge in [0.05, 0.1) is 0 Å². The number of hydrogen-bond acceptors (Lipinski definition) is 5. The highest BCUT2D eigenvalue weighted by atomic mass is 32.2. The van der Waals surface area contributed by atoms with Crippen LogP contribution in [0.4, 0.5) is 0 Å². The Bertz CT molecular complexity index is 577. The first-order valence-corrected chi connectivity index (χ1v) is 11.5. The van der Waals surface area contributed by atoms with Crippen LogP contribution in [0.1, 0.15) is 44.8 Å². The number of hydrogen-bond donors (Lipinski definition) is 2. The lowest BCUT2D eigenvalue weighted by atomic mass is 10.0. The second-order valence-electron chi connectivity index (χ2n) is 7.77. The van der Waals surface area contributed by atoms with Gasteiger partial charge < -0.3 is 20.1 Å². The Balaban J connectivity index is 1.89. The minimum absolute atomic E-state index is 0.487. The maximum atomic E-state index is 4.78. The van der Waals surface area contributed by atoms with Crippen LogP contribution in [-0.4, -0.2) is 69.9 Å². The van der Waals surface area contributed by atoms with Gasteiger partial charge in [0, 0.05) is 39.3 Å². The van der Waals surface area contributed by atoms with Crippen molar-refractivity contribution >= 4 is 17.7 Å². The smallest absolute Gasteiger partial charge is 0.191 e. The number of likely N-dealkylation sites (tertiary alicyclic amines) is 1. The van der Waals surface area contributed by atoms with Crippen molar-refractivity contribution in [2.24, 2.45) is 18.0 Å². The lowest BCUT2D eigenvalue weighted by Gasteiger charge is -2.34. The van der Waals surface area contributed by atoms with Crippen molar-refractivity contribution in [2.75, 3.05) is 38.2 Å². The molecule has 0 aliphatic carbocycles. The van der Waals surface area contributed by atoms with E-state index in [2.05, 4.69) is 45.8 Å². The number of aromatic nitrogens is 3. The average Bonchev–Trinajstić information content (AvgIpc) is 2.96. The second-order valence-corrected chi connectivity index (χ2v) is 8.76. The summed E-state index contributed by atoms with van der Waals surface area (Å²) in [6, 6.07) is 0.487. The van der Waals surface area contributed by atoms with E-state index >= 15 is 0 Å². The van der Waals surface area contributed by atoms with Crippen molar-refractivity contribution in [3.63, 3.8) is 0 Å². The molecule has 0 saturated carbocycles. The molecular weight excluding hydrogens is 358 g/mol. The van der Waals surface area contributed by atoms with Gasteiger partial charge in [-0.15, -0.1) is 10.2 Å². The maximum absolute atomic E-state index is 4.78. The molecule has 0 unspecified atom stereocenters. The molecule has 2 heterocycles. The monoisotopic (exact) mass is 395 g/mol. The highest BCUT2D eigenvalue weighted by molar-refractivity contribution is 7.98. The molecule has 8 heteroatoms. The van der Waals surface area contributed by atoms with E-state index in [1.54, 1.807) is 0 Å². The highest BCUT2D eigenvalue weighted by Gasteiger charge is 2.20. The van der Waals surface area contributed by atoms with Crippen molar-refractivity contribution in [2.45, 2.75) is 52.6 Å². The van der Waals surface area contributed by atoms with E-state index in [0.29, 0.717) is 12.6 Å². The minimum Gasteiger partial charge on any atom is -0.356 e. The molecule has 7 nitrogen and oxygen atoms in total. The molecule has 27 heavy (non-hydrogen) atoms. The molecule has 1 aromatic rings. The maximum Gasteiger partial charge on any atom is 0.191 e. The first kappa shape index (κ1) is 22.0. The minimum atomic E-state index is 0.487. The molecule has 0 aromatic carbocycles. The van der Waals surface area contributed by atoms with Crippen molar-refractivity contribution < 1.29 is 0 Å². The molecule has 0 bridgehead atoms. The molecule has 154 valence electrons. The van der Waals surface area contributed by atoms with Gasteiger partial charge in [-0.2, -0.15) is 11.8 Å². The largest absolute Gasteiger partial charge is 0.356 e. The Morgan fingerprint density at radius 1 is 1.30 bits per heavy atom. The van der Waals surface area contributed by atoms with Crippen molar-refractivity contribution in [1.82, 2.24) is 30.3 Å². The molecule has 1 saturated heterocycles. The third-order valence-corrected chi connectivity index (χ3v) is 5.63. The summed E-state index contributed by atoms with van der Waals surface area (Å²) in [6.07, 6.45) is 5.62. The molecule has 0 radical (unpaired) electrons. The van der Waals surface area contributed by atoms with E-state index in [4.69, 9.17) is 4.99 Å². The molecular formula is C19H37N7S. The number of nitrogens with zero attached hydrogens (tertiary/aromatic N) is 5. The fraction of sp³-hybridized carbons (Fsp3) is 0.842. The number of rotatable bonds is 9. The summed E-state index contributed by atoms with van der Waals surface area (Å²) in [6.45, 7) is 11.6. The number of nitrogens with one attached hydrogen (secondary N) is 2. The summed E-state index contributed by atoms with van der Waals surface area (Å²) >= 11 is 1.88. The summed E-state index contributed by atoms with van der Waals surface area (Å²) in [5.41, 5.74) is 0. The molecule has 1 fully saturated rings. The molecule has 1 aromatic heterocycles. The van der Waals surface area contributed by atoms with Crippen LogP contribution in [0.5, 0.6) is 0 Å². The van der Waals surface area contributed by atoms with Gasteiger partial charge in [-0.3, -0.25) is 0 Å². The van der Waals surface area contributed by atoms with Crippen molar-refractivity contribution in [1.29, 1.82) is 0 Å². The Hall–Kier alpha value is -1.28. The number of piperidine rings is 1. The van der Waals surface area contributed by atoms with Crippen LogP contribution in [0, 0.1) is 12.8 Å². The van der Waals surface area contributed by atoms with Gasteiger partial charge in [0.15, 0.2) is 11.8 Å². The van der Waals surface area contributed by atoms with E-state index in [9.17, 15) is 0 Å². The van der Waals surface area contributed by atoms with Gasteiger partial charge >= 0.3 is 0 Å². The Kier molecular flexibility index (Phi) is 9.41. The van der Waals surface area contributed by atoms with E-state index in [1.165, 1.54) is 19.4 Å². The third-order valence-electron chi connectivity index (χ3n) is 4.93. The first-order valence-electron chi connectivity index (χ1n) is 10.1. The SMILES string of the molecule is CSCCCNC(=NCc1nnc(C)n1C)NC1CCN(CC(C)C)CC1. The molecule has 1 aliphatic rings. The zero-order valence-corrected chi connectivity index (χ0v) is 18.5. The molecule has 2 rings (SSSR count). The summed E-state index contributed by atoms with van der Waals surface area (Å²) < 4.78 is 2.00. The zero-order chi connectivity index (χ0) is 19.6. The number of aryl methyl sites for hydroxylation is 1. The lowest BCUT2D eigenvalue weighted by molar-refractivity contribution is 0.187. The predicted octanol–water partition coefficient (Wildman–Crippen LogP) is 2.03. The van der Waals surface area contributed by atoms with Gasteiger partial charge in [0.2, 0.25) is 0 Å². The van der Waals surface area contributed by atoms with E-state index in [-0.39, 0.29) is 0 Å². The topological polar surface area (TPSA) is 70.4 Å². The Morgan fingerprint density at radius 3 is 2.63 bits per heavy atom. The van der Waals surface area contributed by atoms with Gasteiger partial charge in [-0.25, -0.2) is 4.99 Å². The molecule has 0 spiro atoms. The van der Waals surface area contributed by atoms with Gasteiger partial charge in [-0.1, -0.05) is 13.8 Å². The van der Waals surface area contributed by atoms with Crippen LogP contribution in [0.25, 0.3) is 0 Å². The number of guanidine groups is 1. The summed E-state index contributed by atoms with van der Waals surface area (Å²) in [7, 11) is 1.99. The van der Waals surface area contributed by atoms with Crippen LogP contribution >= 0.6 is 11.8 Å². The van der Waals surface area contributed by atoms with Crippen LogP contribution in [0.3, 0.4) is 0 Å². The van der Waals surface area contributed by atoms with E-state index in [0.717, 1.165) is 55.3 Å². The highest BCUT2D eigenvalue weighted by Crippen LogP contribution is 2.12. The second kappa shape index (κ2) is 11.5. The van der Waals surface area contributed by atoms with Crippen LogP contribution < -0.4 is 10.6 Å². The molecule has 0 atom stereocenters.